The minimum absolute atomic E-state index is 0.133. The van der Waals surface area contributed by atoms with Crippen LogP contribution in [0, 0.1) is 0 Å². The number of nitrogens with zero attached hydrogens (tertiary/aromatic N) is 1. The normalized spacial score (nSPS) is 12.6. The Morgan fingerprint density at radius 1 is 1.40 bits per heavy atom. The van der Waals surface area contributed by atoms with Gasteiger partial charge < -0.3 is 5.11 Å². The van der Waals surface area contributed by atoms with Gasteiger partial charge in [-0.1, -0.05) is 12.1 Å². The maximum absolute atomic E-state index is 12.4. The van der Waals surface area contributed by atoms with Crippen LogP contribution in [0.3, 0.4) is 0 Å². The third kappa shape index (κ3) is 3.24. The topological polar surface area (TPSA) is 79.3 Å². The molecule has 0 aliphatic heterocycles. The first-order chi connectivity index (χ1) is 9.35. The number of aliphatic hydroxyl groups excluding tert-OH is 1. The summed E-state index contributed by atoms with van der Waals surface area (Å²) in [5, 5.41) is 11.6. The number of aromatic nitrogens is 1. The Hall–Kier alpha value is -1.28. The molecule has 0 unspecified atom stereocenters. The molecule has 7 heteroatoms. The van der Waals surface area contributed by atoms with Gasteiger partial charge in [0.05, 0.1) is 17.0 Å². The molecule has 0 radical (unpaired) electrons. The lowest BCUT2D eigenvalue weighted by Crippen LogP contribution is -2.40. The van der Waals surface area contributed by atoms with Crippen molar-refractivity contribution in [2.75, 3.05) is 0 Å². The van der Waals surface area contributed by atoms with Crippen LogP contribution in [0.15, 0.2) is 40.7 Å². The number of aliphatic hydroxyl groups is 1. The fourth-order valence-corrected chi connectivity index (χ4v) is 4.01. The van der Waals surface area contributed by atoms with E-state index < -0.39 is 15.6 Å². The van der Waals surface area contributed by atoms with Gasteiger partial charge in [-0.05, 0) is 31.5 Å². The Morgan fingerprint density at radius 3 is 2.75 bits per heavy atom. The van der Waals surface area contributed by atoms with Crippen LogP contribution in [0.2, 0.25) is 0 Å². The molecule has 20 heavy (non-hydrogen) atoms. The van der Waals surface area contributed by atoms with Crippen LogP contribution in [-0.2, 0) is 22.2 Å². The second-order valence-corrected chi connectivity index (χ2v) is 7.45. The summed E-state index contributed by atoms with van der Waals surface area (Å²) >= 11 is 1.40. The van der Waals surface area contributed by atoms with Gasteiger partial charge in [0, 0.05) is 11.6 Å². The maximum Gasteiger partial charge on any atom is 0.241 e. The SMILES string of the molecule is CC(C)(NS(=O)(=O)c1cccc(CO)c1)c1nccs1. The fraction of sp³-hybridized carbons (Fsp3) is 0.308. The van der Waals surface area contributed by atoms with Gasteiger partial charge in [-0.15, -0.1) is 11.3 Å². The summed E-state index contributed by atoms with van der Waals surface area (Å²) in [6.45, 7) is 3.33. The fourth-order valence-electron chi connectivity index (χ4n) is 1.78. The minimum Gasteiger partial charge on any atom is -0.392 e. The van der Waals surface area contributed by atoms with Crippen molar-refractivity contribution in [2.24, 2.45) is 0 Å². The molecule has 0 saturated heterocycles. The van der Waals surface area contributed by atoms with E-state index in [1.54, 1.807) is 37.6 Å². The highest BCUT2D eigenvalue weighted by molar-refractivity contribution is 7.89. The molecule has 1 aromatic carbocycles. The molecule has 108 valence electrons. The summed E-state index contributed by atoms with van der Waals surface area (Å²) in [7, 11) is -3.67. The molecule has 0 fully saturated rings. The van der Waals surface area contributed by atoms with Crippen LogP contribution >= 0.6 is 11.3 Å². The van der Waals surface area contributed by atoms with Gasteiger partial charge in [-0.25, -0.2) is 13.4 Å². The van der Waals surface area contributed by atoms with E-state index >= 15 is 0 Å². The third-order valence-corrected chi connectivity index (χ3v) is 5.50. The molecule has 5 nitrogen and oxygen atoms in total. The van der Waals surface area contributed by atoms with E-state index in [0.29, 0.717) is 10.6 Å². The Labute approximate surface area is 122 Å². The molecule has 0 aliphatic carbocycles. The average molecular weight is 312 g/mol. The smallest absolute Gasteiger partial charge is 0.241 e. The van der Waals surface area contributed by atoms with E-state index in [2.05, 4.69) is 9.71 Å². The Kier molecular flexibility index (Phi) is 4.24. The molecule has 1 aromatic heterocycles. The zero-order chi connectivity index (χ0) is 14.8. The summed E-state index contributed by atoms with van der Waals surface area (Å²) in [4.78, 5) is 4.28. The number of hydrogen-bond acceptors (Lipinski definition) is 5. The van der Waals surface area contributed by atoms with E-state index in [0.717, 1.165) is 0 Å². The molecule has 1 heterocycles. The molecule has 0 atom stereocenters. The zero-order valence-electron chi connectivity index (χ0n) is 11.2. The molecular formula is C13H16N2O3S2. The van der Waals surface area contributed by atoms with Crippen LogP contribution in [0.4, 0.5) is 0 Å². The van der Waals surface area contributed by atoms with Crippen molar-refractivity contribution in [3.63, 3.8) is 0 Å². The molecule has 0 bridgehead atoms. The highest BCUT2D eigenvalue weighted by atomic mass is 32.2. The van der Waals surface area contributed by atoms with E-state index in [9.17, 15) is 8.42 Å². The Morgan fingerprint density at radius 2 is 2.15 bits per heavy atom. The number of nitrogens with one attached hydrogen (secondary N) is 1. The lowest BCUT2D eigenvalue weighted by molar-refractivity contribution is 0.281. The van der Waals surface area contributed by atoms with Gasteiger partial charge in [0.1, 0.15) is 5.01 Å². The monoisotopic (exact) mass is 312 g/mol. The van der Waals surface area contributed by atoms with Crippen molar-refractivity contribution in [2.45, 2.75) is 30.9 Å². The lowest BCUT2D eigenvalue weighted by Gasteiger charge is -2.23. The van der Waals surface area contributed by atoms with Crippen molar-refractivity contribution < 1.29 is 13.5 Å². The lowest BCUT2D eigenvalue weighted by atomic mass is 10.1. The largest absolute Gasteiger partial charge is 0.392 e. The van der Waals surface area contributed by atoms with Crippen LogP contribution in [0.25, 0.3) is 0 Å². The third-order valence-electron chi connectivity index (χ3n) is 2.75. The highest BCUT2D eigenvalue weighted by Crippen LogP contribution is 2.25. The van der Waals surface area contributed by atoms with Gasteiger partial charge in [0.2, 0.25) is 10.0 Å². The maximum atomic E-state index is 12.4. The van der Waals surface area contributed by atoms with Gasteiger partial charge in [0.15, 0.2) is 0 Å². The average Bonchev–Trinajstić information content (AvgIpc) is 2.92. The molecule has 2 rings (SSSR count). The van der Waals surface area contributed by atoms with Crippen molar-refractivity contribution in [3.05, 3.63) is 46.4 Å². The van der Waals surface area contributed by atoms with E-state index in [1.807, 2.05) is 0 Å². The molecule has 0 spiro atoms. The van der Waals surface area contributed by atoms with Crippen molar-refractivity contribution in [3.8, 4) is 0 Å². The number of rotatable bonds is 5. The van der Waals surface area contributed by atoms with Crippen LogP contribution < -0.4 is 4.72 Å². The van der Waals surface area contributed by atoms with Gasteiger partial charge in [-0.3, -0.25) is 0 Å². The first-order valence-corrected chi connectivity index (χ1v) is 8.35. The number of thiazole rings is 1. The Bertz CT molecular complexity index is 679. The molecule has 2 N–H and O–H groups in total. The van der Waals surface area contributed by atoms with Gasteiger partial charge in [-0.2, -0.15) is 4.72 Å². The van der Waals surface area contributed by atoms with Crippen molar-refractivity contribution >= 4 is 21.4 Å². The van der Waals surface area contributed by atoms with Gasteiger partial charge >= 0.3 is 0 Å². The quantitative estimate of drug-likeness (QED) is 0.883. The molecule has 2 aromatic rings. The predicted octanol–water partition coefficient (Wildman–Crippen LogP) is 1.85. The molecular weight excluding hydrogens is 296 g/mol. The predicted molar refractivity (Wildman–Crippen MR) is 77.8 cm³/mol. The number of benzene rings is 1. The van der Waals surface area contributed by atoms with Crippen molar-refractivity contribution in [1.29, 1.82) is 0 Å². The standard InChI is InChI=1S/C13H16N2O3S2/c1-13(2,12-14-6-7-19-12)15-20(17,18)11-5-3-4-10(8-11)9-16/h3-8,15-16H,9H2,1-2H3. The second kappa shape index (κ2) is 5.61. The number of hydrogen-bond donors (Lipinski definition) is 2. The summed E-state index contributed by atoms with van der Waals surface area (Å²) in [6, 6.07) is 6.24. The van der Waals surface area contributed by atoms with E-state index in [-0.39, 0.29) is 11.5 Å². The molecule has 0 saturated carbocycles. The minimum atomic E-state index is -3.67. The first kappa shape index (κ1) is 15.1. The van der Waals surface area contributed by atoms with Crippen LogP contribution in [0.5, 0.6) is 0 Å². The van der Waals surface area contributed by atoms with Crippen LogP contribution in [-0.4, -0.2) is 18.5 Å². The summed E-state index contributed by atoms with van der Waals surface area (Å²) in [5.74, 6) is 0. The second-order valence-electron chi connectivity index (χ2n) is 4.87. The van der Waals surface area contributed by atoms with E-state index in [4.69, 9.17) is 5.11 Å². The Balaban J connectivity index is 2.31. The van der Waals surface area contributed by atoms with Crippen LogP contribution in [0.1, 0.15) is 24.4 Å². The van der Waals surface area contributed by atoms with E-state index in [1.165, 1.54) is 23.5 Å². The molecule has 0 aliphatic rings. The first-order valence-electron chi connectivity index (χ1n) is 5.99. The molecule has 0 amide bonds. The summed E-state index contributed by atoms with van der Waals surface area (Å²) in [5.41, 5.74) is -0.234. The zero-order valence-corrected chi connectivity index (χ0v) is 12.8. The summed E-state index contributed by atoms with van der Waals surface area (Å²) < 4.78 is 27.4. The highest BCUT2D eigenvalue weighted by Gasteiger charge is 2.30. The number of sulfonamides is 1. The summed E-state index contributed by atoms with van der Waals surface area (Å²) in [6.07, 6.45) is 1.64. The van der Waals surface area contributed by atoms with Gasteiger partial charge in [0.25, 0.3) is 0 Å². The van der Waals surface area contributed by atoms with Crippen molar-refractivity contribution in [1.82, 2.24) is 9.71 Å².